The van der Waals surface area contributed by atoms with Gasteiger partial charge < -0.3 is 9.64 Å². The number of nitrogens with zero attached hydrogens (tertiary/aromatic N) is 2. The number of alkyl halides is 3. The summed E-state index contributed by atoms with van der Waals surface area (Å²) in [6.45, 7) is 2.39. The summed E-state index contributed by atoms with van der Waals surface area (Å²) in [4.78, 5) is 16.0. The Morgan fingerprint density at radius 2 is 1.56 bits per heavy atom. The van der Waals surface area contributed by atoms with Gasteiger partial charge in [0.05, 0.1) is 18.7 Å². The predicted octanol–water partition coefficient (Wildman–Crippen LogP) is 7.94. The third-order valence-corrected chi connectivity index (χ3v) is 8.31. The molecule has 0 spiro atoms. The smallest absolute Gasteiger partial charge is 0.416 e. The van der Waals surface area contributed by atoms with Crippen molar-refractivity contribution in [1.29, 1.82) is 5.26 Å². The van der Waals surface area contributed by atoms with E-state index in [1.54, 1.807) is 25.0 Å². The molecule has 1 aliphatic heterocycles. The molecule has 5 rings (SSSR count). The van der Waals surface area contributed by atoms with E-state index in [9.17, 15) is 23.2 Å². The second kappa shape index (κ2) is 11.3. The van der Waals surface area contributed by atoms with E-state index in [1.807, 2.05) is 66.7 Å². The van der Waals surface area contributed by atoms with Gasteiger partial charge in [-0.1, -0.05) is 78.9 Å². The third kappa shape index (κ3) is 5.39. The van der Waals surface area contributed by atoms with Crippen LogP contribution >= 0.6 is 0 Å². The highest BCUT2D eigenvalue weighted by Gasteiger charge is 2.48. The molecule has 1 aliphatic rings. The molecular weight excluding hydrogens is 525 g/mol. The van der Waals surface area contributed by atoms with Crippen molar-refractivity contribution in [2.24, 2.45) is 5.41 Å². The molecule has 1 fully saturated rings. The second-order valence-corrected chi connectivity index (χ2v) is 10.7. The summed E-state index contributed by atoms with van der Waals surface area (Å²) in [5.41, 5.74) is 0.0614. The number of carbonyl (C=O) groups excluding carboxylic acids is 1. The van der Waals surface area contributed by atoms with Gasteiger partial charge in [0.15, 0.2) is 0 Å². The molecule has 0 aromatic heterocycles. The fourth-order valence-electron chi connectivity index (χ4n) is 6.15. The van der Waals surface area contributed by atoms with Gasteiger partial charge in [-0.2, -0.15) is 18.4 Å². The highest BCUT2D eigenvalue weighted by Crippen LogP contribution is 2.48. The number of nitriles is 1. The predicted molar refractivity (Wildman–Crippen MR) is 153 cm³/mol. The van der Waals surface area contributed by atoms with Crippen molar-refractivity contribution in [3.8, 4) is 11.8 Å². The molecule has 4 aromatic carbocycles. The van der Waals surface area contributed by atoms with Crippen LogP contribution in [0.2, 0.25) is 0 Å². The van der Waals surface area contributed by atoms with Crippen LogP contribution in [0, 0.1) is 16.7 Å². The topological polar surface area (TPSA) is 53.3 Å². The molecule has 4 nitrogen and oxygen atoms in total. The molecule has 1 saturated heterocycles. The minimum atomic E-state index is -4.41. The second-order valence-electron chi connectivity index (χ2n) is 10.7. The standard InChI is InChI=1S/C34H31F3N2O2/c1-33(22-38,32(40)39-19-17-23(18-20-39)25-11-7-12-26(21-25)34(35,36)37)31(29-14-5-6-16-30(29)41-2)28-15-8-10-24-9-3-4-13-27(24)28/h3-16,21,23,31H,17-20H2,1-2H3/t31-,33?/m1/s1. The molecule has 1 heterocycles. The van der Waals surface area contributed by atoms with Gasteiger partial charge in [0.1, 0.15) is 11.2 Å². The summed E-state index contributed by atoms with van der Waals surface area (Å²) in [5.74, 6) is -0.449. The Labute approximate surface area is 238 Å². The maximum absolute atomic E-state index is 14.3. The first-order valence-electron chi connectivity index (χ1n) is 13.7. The Hall–Kier alpha value is -4.31. The van der Waals surface area contributed by atoms with E-state index in [0.29, 0.717) is 37.2 Å². The molecule has 1 amide bonds. The molecule has 1 unspecified atom stereocenters. The van der Waals surface area contributed by atoms with E-state index >= 15 is 0 Å². The number of methoxy groups -OCH3 is 1. The number of fused-ring (bicyclic) bond motifs is 1. The highest BCUT2D eigenvalue weighted by molar-refractivity contribution is 5.91. The largest absolute Gasteiger partial charge is 0.496 e. The quantitative estimate of drug-likeness (QED) is 0.242. The zero-order valence-corrected chi connectivity index (χ0v) is 23.0. The first kappa shape index (κ1) is 28.2. The van der Waals surface area contributed by atoms with Gasteiger partial charge in [-0.3, -0.25) is 4.79 Å². The lowest BCUT2D eigenvalue weighted by Crippen LogP contribution is -2.48. The minimum absolute atomic E-state index is 0.0993. The molecular formula is C34H31F3N2O2. The van der Waals surface area contributed by atoms with Crippen molar-refractivity contribution in [2.45, 2.75) is 37.8 Å². The third-order valence-electron chi connectivity index (χ3n) is 8.31. The Balaban J connectivity index is 1.50. The first-order chi connectivity index (χ1) is 19.7. The number of hydrogen-bond donors (Lipinski definition) is 0. The average molecular weight is 557 g/mol. The van der Waals surface area contributed by atoms with Gasteiger partial charge in [-0.05, 0) is 59.7 Å². The molecule has 0 saturated carbocycles. The fourth-order valence-corrected chi connectivity index (χ4v) is 6.15. The Bertz CT molecular complexity index is 1600. The number of amides is 1. The minimum Gasteiger partial charge on any atom is -0.496 e. The van der Waals surface area contributed by atoms with Gasteiger partial charge in [0.25, 0.3) is 0 Å². The molecule has 4 aromatic rings. The number of ether oxygens (including phenoxy) is 1. The van der Waals surface area contributed by atoms with E-state index in [2.05, 4.69) is 6.07 Å². The Kier molecular flexibility index (Phi) is 7.77. The van der Waals surface area contributed by atoms with Gasteiger partial charge >= 0.3 is 6.18 Å². The van der Waals surface area contributed by atoms with Crippen molar-refractivity contribution < 1.29 is 22.7 Å². The number of para-hydroxylation sites is 1. The number of likely N-dealkylation sites (tertiary alicyclic amines) is 1. The molecule has 0 aliphatic carbocycles. The lowest BCUT2D eigenvalue weighted by Gasteiger charge is -2.40. The summed E-state index contributed by atoms with van der Waals surface area (Å²) >= 11 is 0. The fraction of sp³-hybridized carbons (Fsp3) is 0.294. The van der Waals surface area contributed by atoms with E-state index in [-0.39, 0.29) is 11.8 Å². The Morgan fingerprint density at radius 1 is 0.927 bits per heavy atom. The number of rotatable bonds is 6. The summed E-state index contributed by atoms with van der Waals surface area (Å²) in [5, 5.41) is 12.7. The van der Waals surface area contributed by atoms with Crippen LogP contribution in [0.3, 0.4) is 0 Å². The van der Waals surface area contributed by atoms with Gasteiger partial charge in [0.2, 0.25) is 5.91 Å². The van der Waals surface area contributed by atoms with E-state index in [1.165, 1.54) is 12.1 Å². The van der Waals surface area contributed by atoms with Crippen molar-refractivity contribution in [3.63, 3.8) is 0 Å². The maximum Gasteiger partial charge on any atom is 0.416 e. The Morgan fingerprint density at radius 3 is 2.27 bits per heavy atom. The summed E-state index contributed by atoms with van der Waals surface area (Å²) in [6, 6.07) is 29.1. The maximum atomic E-state index is 14.3. The molecule has 0 radical (unpaired) electrons. The van der Waals surface area contributed by atoms with Gasteiger partial charge in [-0.15, -0.1) is 0 Å². The van der Waals surface area contributed by atoms with Gasteiger partial charge in [0, 0.05) is 24.6 Å². The van der Waals surface area contributed by atoms with Crippen LogP contribution in [-0.4, -0.2) is 31.0 Å². The number of carbonyl (C=O) groups is 1. The van der Waals surface area contributed by atoms with E-state index in [0.717, 1.165) is 28.0 Å². The first-order valence-corrected chi connectivity index (χ1v) is 13.7. The zero-order chi connectivity index (χ0) is 29.2. The van der Waals surface area contributed by atoms with Crippen molar-refractivity contribution in [3.05, 3.63) is 113 Å². The number of halogens is 3. The van der Waals surface area contributed by atoms with Crippen LogP contribution < -0.4 is 4.74 Å². The lowest BCUT2D eigenvalue weighted by molar-refractivity contribution is -0.140. The van der Waals surface area contributed by atoms with Crippen LogP contribution in [0.1, 0.15) is 53.9 Å². The number of benzene rings is 4. The van der Waals surface area contributed by atoms with Crippen LogP contribution in [0.15, 0.2) is 91.0 Å². The van der Waals surface area contributed by atoms with Crippen molar-refractivity contribution in [1.82, 2.24) is 4.90 Å². The zero-order valence-electron chi connectivity index (χ0n) is 23.0. The summed E-state index contributed by atoms with van der Waals surface area (Å²) < 4.78 is 45.6. The monoisotopic (exact) mass is 556 g/mol. The average Bonchev–Trinajstić information content (AvgIpc) is 3.00. The number of piperidine rings is 1. The lowest BCUT2D eigenvalue weighted by atomic mass is 9.68. The molecule has 0 bridgehead atoms. The molecule has 0 N–H and O–H groups in total. The summed E-state index contributed by atoms with van der Waals surface area (Å²) in [7, 11) is 1.57. The van der Waals surface area contributed by atoms with E-state index < -0.39 is 23.1 Å². The van der Waals surface area contributed by atoms with Crippen molar-refractivity contribution >= 4 is 16.7 Å². The molecule has 7 heteroatoms. The highest BCUT2D eigenvalue weighted by atomic mass is 19.4. The SMILES string of the molecule is COc1ccccc1[C@@H](c1cccc2ccccc12)C(C)(C#N)C(=O)N1CCC(c2cccc(C(F)(F)F)c2)CC1. The normalized spacial score (nSPS) is 16.5. The van der Waals surface area contributed by atoms with Crippen LogP contribution in [0.25, 0.3) is 10.8 Å². The number of hydrogen-bond acceptors (Lipinski definition) is 3. The van der Waals surface area contributed by atoms with E-state index in [4.69, 9.17) is 4.74 Å². The van der Waals surface area contributed by atoms with Gasteiger partial charge in [-0.25, -0.2) is 0 Å². The summed E-state index contributed by atoms with van der Waals surface area (Å²) in [6.07, 6.45) is -3.37. The van der Waals surface area contributed by atoms with Crippen LogP contribution in [0.5, 0.6) is 5.75 Å². The molecule has 210 valence electrons. The van der Waals surface area contributed by atoms with Crippen LogP contribution in [0.4, 0.5) is 13.2 Å². The molecule has 2 atom stereocenters. The van der Waals surface area contributed by atoms with Crippen molar-refractivity contribution in [2.75, 3.05) is 20.2 Å². The molecule has 41 heavy (non-hydrogen) atoms. The van der Waals surface area contributed by atoms with Crippen LogP contribution in [-0.2, 0) is 11.0 Å².